The Bertz CT molecular complexity index is 862. The lowest BCUT2D eigenvalue weighted by Crippen LogP contribution is -2.14. The van der Waals surface area contributed by atoms with Crippen LogP contribution in [0.1, 0.15) is 10.5 Å². The highest BCUT2D eigenvalue weighted by atomic mass is 35.5. The van der Waals surface area contributed by atoms with E-state index in [1.807, 2.05) is 30.3 Å². The Morgan fingerprint density at radius 2 is 1.71 bits per heavy atom. The zero-order valence-corrected chi connectivity index (χ0v) is 15.0. The molecule has 0 aliphatic rings. The Morgan fingerprint density at radius 1 is 1.04 bits per heavy atom. The highest BCUT2D eigenvalue weighted by Gasteiger charge is 2.19. The van der Waals surface area contributed by atoms with Crippen LogP contribution >= 0.6 is 46.3 Å². The van der Waals surface area contributed by atoms with Gasteiger partial charge in [0.1, 0.15) is 5.00 Å². The van der Waals surface area contributed by atoms with Crippen molar-refractivity contribution in [3.8, 4) is 0 Å². The lowest BCUT2D eigenvalue weighted by Gasteiger charge is -2.10. The van der Waals surface area contributed by atoms with Gasteiger partial charge in [0.25, 0.3) is 5.91 Å². The van der Waals surface area contributed by atoms with Crippen LogP contribution in [0.3, 0.4) is 0 Å². The molecule has 2 aromatic carbocycles. The Kier molecular flexibility index (Phi) is 5.20. The van der Waals surface area contributed by atoms with Crippen molar-refractivity contribution >= 4 is 68.6 Å². The van der Waals surface area contributed by atoms with Gasteiger partial charge in [-0.05, 0) is 24.3 Å². The Labute approximate surface area is 156 Å². The number of carbonyl (C=O) groups excluding carboxylic acids is 1. The van der Waals surface area contributed by atoms with Crippen LogP contribution in [0, 0.1) is 0 Å². The molecule has 0 fully saturated rings. The molecule has 5 nitrogen and oxygen atoms in total. The lowest BCUT2D eigenvalue weighted by atomic mass is 10.3. The summed E-state index contributed by atoms with van der Waals surface area (Å²) >= 11 is 19.1. The van der Waals surface area contributed by atoms with Crippen LogP contribution in [0.2, 0.25) is 15.1 Å². The van der Waals surface area contributed by atoms with Gasteiger partial charge in [-0.15, -0.1) is 5.10 Å². The minimum absolute atomic E-state index is 0.144. The topological polar surface area (TPSA) is 66.9 Å². The molecule has 0 bridgehead atoms. The highest BCUT2D eigenvalue weighted by molar-refractivity contribution is 7.10. The van der Waals surface area contributed by atoms with Gasteiger partial charge in [0.2, 0.25) is 0 Å². The average molecular weight is 400 g/mol. The summed E-state index contributed by atoms with van der Waals surface area (Å²) in [6.45, 7) is 0. The Balaban J connectivity index is 1.83. The standard InChI is InChI=1S/C15H9Cl3N4OS/c16-8-6-10(17)12(11(18)7-8)20-14(23)13-15(24-22-21-13)19-9-4-2-1-3-5-9/h1-7,19H,(H,20,23). The summed E-state index contributed by atoms with van der Waals surface area (Å²) in [6, 6.07) is 12.4. The molecule has 1 aromatic heterocycles. The van der Waals surface area contributed by atoms with Crippen LogP contribution in [0.5, 0.6) is 0 Å². The summed E-state index contributed by atoms with van der Waals surface area (Å²) in [4.78, 5) is 12.5. The van der Waals surface area contributed by atoms with E-state index >= 15 is 0 Å². The van der Waals surface area contributed by atoms with Crippen LogP contribution in [-0.4, -0.2) is 15.5 Å². The van der Waals surface area contributed by atoms with E-state index in [1.54, 1.807) is 0 Å². The normalized spacial score (nSPS) is 10.5. The molecule has 0 saturated carbocycles. The van der Waals surface area contributed by atoms with E-state index in [4.69, 9.17) is 34.8 Å². The third-order valence-corrected chi connectivity index (χ3v) is 4.44. The first-order chi connectivity index (χ1) is 11.5. The zero-order chi connectivity index (χ0) is 17.1. The predicted molar refractivity (Wildman–Crippen MR) is 99.1 cm³/mol. The van der Waals surface area contributed by atoms with Crippen LogP contribution < -0.4 is 10.6 Å². The van der Waals surface area contributed by atoms with E-state index in [9.17, 15) is 4.79 Å². The van der Waals surface area contributed by atoms with Gasteiger partial charge < -0.3 is 10.6 Å². The van der Waals surface area contributed by atoms with Crippen molar-refractivity contribution in [1.82, 2.24) is 9.59 Å². The molecule has 1 heterocycles. The number of halogens is 3. The summed E-state index contributed by atoms with van der Waals surface area (Å²) < 4.78 is 3.82. The Hall–Kier alpha value is -1.86. The van der Waals surface area contributed by atoms with Gasteiger partial charge in [0, 0.05) is 22.2 Å². The maximum Gasteiger partial charge on any atom is 0.279 e. The fraction of sp³-hybridized carbons (Fsp3) is 0. The average Bonchev–Trinajstić information content (AvgIpc) is 3.00. The number of amides is 1. The maximum absolute atomic E-state index is 12.5. The molecule has 0 aliphatic heterocycles. The first-order valence-corrected chi connectivity index (χ1v) is 8.55. The van der Waals surface area contributed by atoms with Crippen molar-refractivity contribution in [3.63, 3.8) is 0 Å². The van der Waals surface area contributed by atoms with E-state index in [-0.39, 0.29) is 21.4 Å². The molecule has 3 aromatic rings. The second-order valence-corrected chi connectivity index (χ2v) is 6.65. The van der Waals surface area contributed by atoms with Crippen LogP contribution in [0.25, 0.3) is 0 Å². The van der Waals surface area contributed by atoms with Crippen molar-refractivity contribution in [1.29, 1.82) is 0 Å². The van der Waals surface area contributed by atoms with Crippen molar-refractivity contribution in [2.45, 2.75) is 0 Å². The largest absolute Gasteiger partial charge is 0.344 e. The third-order valence-electron chi connectivity index (χ3n) is 2.98. The molecule has 0 atom stereocenters. The molecule has 9 heteroatoms. The van der Waals surface area contributed by atoms with Crippen LogP contribution in [0.4, 0.5) is 16.4 Å². The number of rotatable bonds is 4. The smallest absolute Gasteiger partial charge is 0.279 e. The number of para-hydroxylation sites is 1. The van der Waals surface area contributed by atoms with Crippen LogP contribution in [-0.2, 0) is 0 Å². The molecule has 122 valence electrons. The number of nitrogens with one attached hydrogen (secondary N) is 2. The van der Waals surface area contributed by atoms with E-state index in [0.717, 1.165) is 17.2 Å². The third kappa shape index (κ3) is 3.79. The number of hydrogen-bond acceptors (Lipinski definition) is 5. The molecule has 0 aliphatic carbocycles. The van der Waals surface area contributed by atoms with E-state index in [1.165, 1.54) is 12.1 Å². The molecule has 24 heavy (non-hydrogen) atoms. The molecule has 1 amide bonds. The minimum atomic E-state index is -0.478. The van der Waals surface area contributed by atoms with Crippen LogP contribution in [0.15, 0.2) is 42.5 Å². The van der Waals surface area contributed by atoms with Crippen molar-refractivity contribution in [2.75, 3.05) is 10.6 Å². The number of hydrogen-bond donors (Lipinski definition) is 2. The fourth-order valence-electron chi connectivity index (χ4n) is 1.91. The quantitative estimate of drug-likeness (QED) is 0.608. The summed E-state index contributed by atoms with van der Waals surface area (Å²) in [7, 11) is 0. The van der Waals surface area contributed by atoms with Gasteiger partial charge >= 0.3 is 0 Å². The van der Waals surface area contributed by atoms with Gasteiger partial charge in [-0.1, -0.05) is 57.5 Å². The number of nitrogens with zero attached hydrogens (tertiary/aromatic N) is 2. The predicted octanol–water partition coefficient (Wildman–Crippen LogP) is 5.49. The second kappa shape index (κ2) is 7.36. The first-order valence-electron chi connectivity index (χ1n) is 6.65. The van der Waals surface area contributed by atoms with Gasteiger partial charge in [0.05, 0.1) is 15.7 Å². The highest BCUT2D eigenvalue weighted by Crippen LogP contribution is 2.34. The van der Waals surface area contributed by atoms with Gasteiger partial charge in [-0.2, -0.15) is 0 Å². The SMILES string of the molecule is O=C(Nc1c(Cl)cc(Cl)cc1Cl)c1nnsc1Nc1ccccc1. The maximum atomic E-state index is 12.5. The Morgan fingerprint density at radius 3 is 2.38 bits per heavy atom. The van der Waals surface area contributed by atoms with Crippen molar-refractivity contribution in [3.05, 3.63) is 63.2 Å². The number of anilines is 3. The van der Waals surface area contributed by atoms with E-state index in [0.29, 0.717) is 10.0 Å². The monoisotopic (exact) mass is 398 g/mol. The minimum Gasteiger partial charge on any atom is -0.344 e. The molecule has 2 N–H and O–H groups in total. The van der Waals surface area contributed by atoms with Gasteiger partial charge in [-0.3, -0.25) is 4.79 Å². The summed E-state index contributed by atoms with van der Waals surface area (Å²) in [5.74, 6) is -0.478. The fourth-order valence-corrected chi connectivity index (χ4v) is 3.41. The second-order valence-electron chi connectivity index (χ2n) is 4.64. The number of aromatic nitrogens is 2. The van der Waals surface area contributed by atoms with Crippen molar-refractivity contribution in [2.24, 2.45) is 0 Å². The molecular weight excluding hydrogens is 391 g/mol. The van der Waals surface area contributed by atoms with E-state index in [2.05, 4.69) is 20.2 Å². The van der Waals surface area contributed by atoms with Gasteiger partial charge in [-0.25, -0.2) is 0 Å². The molecular formula is C15H9Cl3N4OS. The molecule has 0 unspecified atom stereocenters. The zero-order valence-electron chi connectivity index (χ0n) is 11.9. The summed E-state index contributed by atoms with van der Waals surface area (Å²) in [5.41, 5.74) is 1.23. The lowest BCUT2D eigenvalue weighted by molar-refractivity contribution is 0.102. The summed E-state index contributed by atoms with van der Waals surface area (Å²) in [5, 5.41) is 11.0. The molecule has 0 spiro atoms. The number of carbonyl (C=O) groups is 1. The van der Waals surface area contributed by atoms with E-state index < -0.39 is 5.91 Å². The molecule has 3 rings (SSSR count). The molecule has 0 saturated heterocycles. The molecule has 0 radical (unpaired) electrons. The summed E-state index contributed by atoms with van der Waals surface area (Å²) in [6.07, 6.45) is 0. The van der Waals surface area contributed by atoms with Gasteiger partial charge in [0.15, 0.2) is 5.69 Å². The first kappa shape index (κ1) is 17.0. The van der Waals surface area contributed by atoms with Crippen molar-refractivity contribution < 1.29 is 4.79 Å². The number of benzene rings is 2.